The van der Waals surface area contributed by atoms with E-state index in [4.69, 9.17) is 9.47 Å². The molecule has 0 aromatic rings. The second-order valence-electron chi connectivity index (χ2n) is 5.06. The van der Waals surface area contributed by atoms with Gasteiger partial charge in [-0.15, -0.1) is 0 Å². The van der Waals surface area contributed by atoms with Gasteiger partial charge in [0.25, 0.3) is 0 Å². The Morgan fingerprint density at radius 3 is 3.06 bits per heavy atom. The molecule has 5 heteroatoms. The van der Waals surface area contributed by atoms with Gasteiger partial charge in [0.05, 0.1) is 19.3 Å². The minimum absolute atomic E-state index is 0.0797. The number of nitrogens with one attached hydrogen (secondary N) is 2. The Bertz CT molecular complexity index is 249. The molecule has 2 aliphatic rings. The summed E-state index contributed by atoms with van der Waals surface area (Å²) in [6, 6.07) is 0.460. The minimum atomic E-state index is 0.0797. The molecule has 2 saturated heterocycles. The van der Waals surface area contributed by atoms with Crippen LogP contribution in [0.2, 0.25) is 0 Å². The third kappa shape index (κ3) is 4.92. The van der Waals surface area contributed by atoms with Crippen LogP contribution in [-0.4, -0.2) is 51.0 Å². The van der Waals surface area contributed by atoms with Crippen LogP contribution in [0.4, 0.5) is 0 Å². The topological polar surface area (TPSA) is 59.6 Å². The van der Waals surface area contributed by atoms with E-state index in [1.807, 2.05) is 0 Å². The molecule has 0 radical (unpaired) electrons. The molecule has 2 heterocycles. The molecule has 0 bridgehead atoms. The largest absolute Gasteiger partial charge is 0.378 e. The predicted molar refractivity (Wildman–Crippen MR) is 68.4 cm³/mol. The molecule has 2 aliphatic heterocycles. The highest BCUT2D eigenvalue weighted by Crippen LogP contribution is 2.11. The van der Waals surface area contributed by atoms with Gasteiger partial charge in [0.15, 0.2) is 0 Å². The standard InChI is InChI=1S/C13H24N2O3/c16-13(15-9-11-3-1-6-14-11)5-8-17-10-12-4-2-7-18-12/h11-12,14H,1-10H2,(H,15,16). The van der Waals surface area contributed by atoms with Crippen molar-refractivity contribution < 1.29 is 14.3 Å². The Morgan fingerprint density at radius 2 is 2.33 bits per heavy atom. The quantitative estimate of drug-likeness (QED) is 0.649. The molecule has 0 aromatic heterocycles. The summed E-state index contributed by atoms with van der Waals surface area (Å²) in [5, 5.41) is 6.29. The Kier molecular flexibility index (Phi) is 5.90. The summed E-state index contributed by atoms with van der Waals surface area (Å²) >= 11 is 0. The zero-order chi connectivity index (χ0) is 12.6. The van der Waals surface area contributed by atoms with Gasteiger partial charge in [-0.25, -0.2) is 0 Å². The van der Waals surface area contributed by atoms with Crippen LogP contribution in [0, 0.1) is 0 Å². The van der Waals surface area contributed by atoms with E-state index in [2.05, 4.69) is 10.6 Å². The first kappa shape index (κ1) is 13.8. The van der Waals surface area contributed by atoms with E-state index < -0.39 is 0 Å². The first-order chi connectivity index (χ1) is 8.84. The SMILES string of the molecule is O=C(CCOCC1CCCO1)NCC1CCCN1. The lowest BCUT2D eigenvalue weighted by Gasteiger charge is -2.12. The van der Waals surface area contributed by atoms with Gasteiger partial charge >= 0.3 is 0 Å². The number of rotatable bonds is 7. The van der Waals surface area contributed by atoms with Crippen LogP contribution in [-0.2, 0) is 14.3 Å². The Morgan fingerprint density at radius 1 is 1.39 bits per heavy atom. The van der Waals surface area contributed by atoms with Gasteiger partial charge in [-0.05, 0) is 32.2 Å². The first-order valence-corrected chi connectivity index (χ1v) is 7.04. The van der Waals surface area contributed by atoms with Gasteiger partial charge in [0, 0.05) is 25.6 Å². The summed E-state index contributed by atoms with van der Waals surface area (Å²) < 4.78 is 10.9. The number of carbonyl (C=O) groups excluding carboxylic acids is 1. The van der Waals surface area contributed by atoms with Crippen molar-refractivity contribution in [2.24, 2.45) is 0 Å². The minimum Gasteiger partial charge on any atom is -0.378 e. The van der Waals surface area contributed by atoms with Crippen LogP contribution in [0.15, 0.2) is 0 Å². The summed E-state index contributed by atoms with van der Waals surface area (Å²) in [6.45, 7) is 3.78. The highest BCUT2D eigenvalue weighted by atomic mass is 16.5. The third-order valence-electron chi connectivity index (χ3n) is 3.51. The first-order valence-electron chi connectivity index (χ1n) is 7.04. The van der Waals surface area contributed by atoms with Crippen molar-refractivity contribution in [3.8, 4) is 0 Å². The Hall–Kier alpha value is -0.650. The monoisotopic (exact) mass is 256 g/mol. The molecule has 1 amide bonds. The molecule has 2 atom stereocenters. The van der Waals surface area contributed by atoms with Gasteiger partial charge < -0.3 is 20.1 Å². The number of hydrogen-bond acceptors (Lipinski definition) is 4. The second-order valence-corrected chi connectivity index (χ2v) is 5.06. The molecule has 0 aliphatic carbocycles. The maximum atomic E-state index is 11.5. The number of amides is 1. The van der Waals surface area contributed by atoms with Crippen molar-refractivity contribution in [1.29, 1.82) is 0 Å². The van der Waals surface area contributed by atoms with Crippen LogP contribution in [0.1, 0.15) is 32.1 Å². The normalized spacial score (nSPS) is 27.6. The molecule has 0 aromatic carbocycles. The van der Waals surface area contributed by atoms with Crippen molar-refractivity contribution >= 4 is 5.91 Å². The van der Waals surface area contributed by atoms with E-state index in [9.17, 15) is 4.79 Å². The van der Waals surface area contributed by atoms with Crippen LogP contribution >= 0.6 is 0 Å². The van der Waals surface area contributed by atoms with Crippen molar-refractivity contribution in [2.45, 2.75) is 44.2 Å². The zero-order valence-electron chi connectivity index (χ0n) is 11.0. The van der Waals surface area contributed by atoms with Gasteiger partial charge in [-0.3, -0.25) is 4.79 Å². The highest BCUT2D eigenvalue weighted by molar-refractivity contribution is 5.75. The number of hydrogen-bond donors (Lipinski definition) is 2. The fourth-order valence-electron chi connectivity index (χ4n) is 2.41. The van der Waals surface area contributed by atoms with E-state index in [1.54, 1.807) is 0 Å². The summed E-state index contributed by atoms with van der Waals surface area (Å²) in [7, 11) is 0. The highest BCUT2D eigenvalue weighted by Gasteiger charge is 2.16. The van der Waals surface area contributed by atoms with E-state index in [0.717, 1.165) is 39.0 Å². The molecular formula is C13H24N2O3. The number of ether oxygens (including phenoxy) is 2. The van der Waals surface area contributed by atoms with Gasteiger partial charge in [0.2, 0.25) is 5.91 Å². The van der Waals surface area contributed by atoms with Crippen molar-refractivity contribution in [2.75, 3.05) is 32.9 Å². The predicted octanol–water partition coefficient (Wildman–Crippen LogP) is 0.440. The van der Waals surface area contributed by atoms with Crippen LogP contribution in [0.25, 0.3) is 0 Å². The van der Waals surface area contributed by atoms with E-state index in [0.29, 0.717) is 25.7 Å². The lowest BCUT2D eigenvalue weighted by atomic mass is 10.2. The molecule has 18 heavy (non-hydrogen) atoms. The van der Waals surface area contributed by atoms with Gasteiger partial charge in [-0.1, -0.05) is 0 Å². The molecular weight excluding hydrogens is 232 g/mol. The van der Waals surface area contributed by atoms with Crippen molar-refractivity contribution in [3.63, 3.8) is 0 Å². The summed E-state index contributed by atoms with van der Waals surface area (Å²) in [6.07, 6.45) is 5.28. The molecule has 0 saturated carbocycles. The van der Waals surface area contributed by atoms with Crippen LogP contribution in [0.3, 0.4) is 0 Å². The molecule has 2 unspecified atom stereocenters. The maximum absolute atomic E-state index is 11.5. The molecule has 0 spiro atoms. The van der Waals surface area contributed by atoms with E-state index >= 15 is 0 Å². The molecule has 2 rings (SSSR count). The van der Waals surface area contributed by atoms with Crippen molar-refractivity contribution in [3.05, 3.63) is 0 Å². The summed E-state index contributed by atoms with van der Waals surface area (Å²) in [5.74, 6) is 0.0797. The van der Waals surface area contributed by atoms with E-state index in [1.165, 1.54) is 6.42 Å². The van der Waals surface area contributed by atoms with Crippen LogP contribution in [0.5, 0.6) is 0 Å². The number of carbonyl (C=O) groups is 1. The van der Waals surface area contributed by atoms with Crippen molar-refractivity contribution in [1.82, 2.24) is 10.6 Å². The molecule has 104 valence electrons. The molecule has 2 fully saturated rings. The van der Waals surface area contributed by atoms with Gasteiger partial charge in [0.1, 0.15) is 0 Å². The maximum Gasteiger partial charge on any atom is 0.222 e. The van der Waals surface area contributed by atoms with E-state index in [-0.39, 0.29) is 12.0 Å². The molecule has 2 N–H and O–H groups in total. The summed E-state index contributed by atoms with van der Waals surface area (Å²) in [4.78, 5) is 11.5. The Labute approximate surface area is 109 Å². The smallest absolute Gasteiger partial charge is 0.222 e. The van der Waals surface area contributed by atoms with Gasteiger partial charge in [-0.2, -0.15) is 0 Å². The molecule has 5 nitrogen and oxygen atoms in total. The Balaban J connectivity index is 1.44. The second kappa shape index (κ2) is 7.71. The lowest BCUT2D eigenvalue weighted by molar-refractivity contribution is -0.122. The van der Waals surface area contributed by atoms with Crippen LogP contribution < -0.4 is 10.6 Å². The third-order valence-corrected chi connectivity index (χ3v) is 3.51. The lowest BCUT2D eigenvalue weighted by Crippen LogP contribution is -2.37. The zero-order valence-corrected chi connectivity index (χ0v) is 11.0. The average Bonchev–Trinajstić information content (AvgIpc) is 3.04. The summed E-state index contributed by atoms with van der Waals surface area (Å²) in [5.41, 5.74) is 0. The fraction of sp³-hybridized carbons (Fsp3) is 0.923. The fourth-order valence-corrected chi connectivity index (χ4v) is 2.41. The average molecular weight is 256 g/mol.